The molecule has 4 rings (SSSR count). The predicted octanol–water partition coefficient (Wildman–Crippen LogP) is 2.45. The molecule has 2 aliphatic heterocycles. The summed E-state index contributed by atoms with van der Waals surface area (Å²) in [6.07, 6.45) is 3.23. The molecule has 1 spiro atoms. The standard InChI is InChI=1S/C19H23N3O4/c1-12-4-6-20-18(21-12)26-15-5-7-24-19(9-15)10-22(11-19)17(23)16-8-13(2)25-14(16)3/h4,6,8,15H,5,7,9-11H2,1-3H3/t15-/m1/s1. The van der Waals surface area contributed by atoms with Gasteiger partial charge < -0.3 is 18.8 Å². The van der Waals surface area contributed by atoms with Gasteiger partial charge in [0.2, 0.25) is 0 Å². The van der Waals surface area contributed by atoms with Crippen LogP contribution in [0.2, 0.25) is 0 Å². The van der Waals surface area contributed by atoms with E-state index in [4.69, 9.17) is 13.9 Å². The van der Waals surface area contributed by atoms with Crippen molar-refractivity contribution < 1.29 is 18.7 Å². The molecule has 0 bridgehead atoms. The Morgan fingerprint density at radius 3 is 2.85 bits per heavy atom. The molecule has 2 saturated heterocycles. The summed E-state index contributed by atoms with van der Waals surface area (Å²) in [4.78, 5) is 22.9. The highest BCUT2D eigenvalue weighted by Crippen LogP contribution is 2.36. The lowest BCUT2D eigenvalue weighted by Crippen LogP contribution is -2.67. The summed E-state index contributed by atoms with van der Waals surface area (Å²) in [6.45, 7) is 7.34. The van der Waals surface area contributed by atoms with E-state index in [0.29, 0.717) is 37.0 Å². The molecule has 0 aliphatic carbocycles. The fraction of sp³-hybridized carbons (Fsp3) is 0.526. The Balaban J connectivity index is 1.38. The summed E-state index contributed by atoms with van der Waals surface area (Å²) in [5, 5.41) is 0. The molecular formula is C19H23N3O4. The van der Waals surface area contributed by atoms with Gasteiger partial charge in [0.05, 0.1) is 25.3 Å². The van der Waals surface area contributed by atoms with E-state index in [9.17, 15) is 4.79 Å². The monoisotopic (exact) mass is 357 g/mol. The first kappa shape index (κ1) is 17.0. The molecule has 1 atom stereocenters. The second-order valence-corrected chi connectivity index (χ2v) is 7.23. The number of likely N-dealkylation sites (tertiary alicyclic amines) is 1. The van der Waals surface area contributed by atoms with Gasteiger partial charge in [-0.15, -0.1) is 0 Å². The molecule has 0 aromatic carbocycles. The Bertz CT molecular complexity index is 826. The highest BCUT2D eigenvalue weighted by atomic mass is 16.5. The third kappa shape index (κ3) is 3.19. The van der Waals surface area contributed by atoms with Gasteiger partial charge >= 0.3 is 6.01 Å². The molecule has 7 heteroatoms. The van der Waals surface area contributed by atoms with Crippen molar-refractivity contribution in [2.45, 2.75) is 45.3 Å². The van der Waals surface area contributed by atoms with Crippen molar-refractivity contribution in [1.29, 1.82) is 0 Å². The largest absolute Gasteiger partial charge is 0.466 e. The molecule has 0 N–H and O–H groups in total. The molecule has 0 radical (unpaired) electrons. The van der Waals surface area contributed by atoms with Crippen LogP contribution in [0.25, 0.3) is 0 Å². The van der Waals surface area contributed by atoms with E-state index < -0.39 is 0 Å². The molecule has 4 heterocycles. The van der Waals surface area contributed by atoms with Crippen LogP contribution in [0.15, 0.2) is 22.7 Å². The van der Waals surface area contributed by atoms with Crippen molar-refractivity contribution in [3.63, 3.8) is 0 Å². The van der Waals surface area contributed by atoms with E-state index in [0.717, 1.165) is 24.3 Å². The van der Waals surface area contributed by atoms with E-state index in [1.165, 1.54) is 0 Å². The van der Waals surface area contributed by atoms with Crippen molar-refractivity contribution in [3.05, 3.63) is 41.1 Å². The fourth-order valence-electron chi connectivity index (χ4n) is 3.74. The van der Waals surface area contributed by atoms with Crippen LogP contribution >= 0.6 is 0 Å². The smallest absolute Gasteiger partial charge is 0.316 e. The van der Waals surface area contributed by atoms with Gasteiger partial charge in [0.1, 0.15) is 23.2 Å². The first-order valence-corrected chi connectivity index (χ1v) is 8.91. The second kappa shape index (κ2) is 6.39. The van der Waals surface area contributed by atoms with Gasteiger partial charge in [-0.25, -0.2) is 9.97 Å². The number of ether oxygens (including phenoxy) is 2. The average molecular weight is 357 g/mol. The lowest BCUT2D eigenvalue weighted by Gasteiger charge is -2.52. The lowest BCUT2D eigenvalue weighted by molar-refractivity contribution is -0.174. The number of hydrogen-bond donors (Lipinski definition) is 0. The Hall–Kier alpha value is -2.41. The molecule has 2 fully saturated rings. The summed E-state index contributed by atoms with van der Waals surface area (Å²) in [6, 6.07) is 4.04. The molecule has 2 aromatic heterocycles. The summed E-state index contributed by atoms with van der Waals surface area (Å²) < 4.78 is 17.4. The number of carbonyl (C=O) groups excluding carboxylic acids is 1. The number of rotatable bonds is 3. The topological polar surface area (TPSA) is 77.7 Å². The van der Waals surface area contributed by atoms with Crippen LogP contribution in [0.4, 0.5) is 0 Å². The molecule has 1 amide bonds. The van der Waals surface area contributed by atoms with Crippen LogP contribution in [0.3, 0.4) is 0 Å². The predicted molar refractivity (Wildman–Crippen MR) is 93.2 cm³/mol. The van der Waals surface area contributed by atoms with Gasteiger partial charge in [0.15, 0.2) is 0 Å². The average Bonchev–Trinajstić information content (AvgIpc) is 2.90. The quantitative estimate of drug-likeness (QED) is 0.840. The number of carbonyl (C=O) groups is 1. The molecular weight excluding hydrogens is 334 g/mol. The molecule has 2 aromatic rings. The van der Waals surface area contributed by atoms with Crippen molar-refractivity contribution >= 4 is 5.91 Å². The third-order valence-electron chi connectivity index (χ3n) is 5.01. The minimum absolute atomic E-state index is 0.000655. The van der Waals surface area contributed by atoms with Crippen molar-refractivity contribution in [1.82, 2.24) is 14.9 Å². The maximum atomic E-state index is 12.7. The minimum Gasteiger partial charge on any atom is -0.466 e. The van der Waals surface area contributed by atoms with Crippen molar-refractivity contribution in [3.8, 4) is 6.01 Å². The van der Waals surface area contributed by atoms with Crippen molar-refractivity contribution in [2.24, 2.45) is 0 Å². The Morgan fingerprint density at radius 2 is 2.15 bits per heavy atom. The Morgan fingerprint density at radius 1 is 1.35 bits per heavy atom. The minimum atomic E-state index is -0.324. The molecule has 0 unspecified atom stereocenters. The first-order valence-electron chi connectivity index (χ1n) is 8.91. The number of hydrogen-bond acceptors (Lipinski definition) is 6. The normalized spacial score (nSPS) is 21.5. The van der Waals surface area contributed by atoms with Crippen molar-refractivity contribution in [2.75, 3.05) is 19.7 Å². The molecule has 2 aliphatic rings. The summed E-state index contributed by atoms with van der Waals surface area (Å²) >= 11 is 0. The Kier molecular flexibility index (Phi) is 4.19. The molecule has 26 heavy (non-hydrogen) atoms. The highest BCUT2D eigenvalue weighted by molar-refractivity contribution is 5.96. The summed E-state index contributed by atoms with van der Waals surface area (Å²) in [5.41, 5.74) is 1.19. The van der Waals surface area contributed by atoms with Gasteiger partial charge in [-0.3, -0.25) is 4.79 Å². The SMILES string of the molecule is Cc1ccnc(O[C@@H]2CCOC3(C2)CN(C(=O)c2cc(C)oc2C)C3)n1. The third-order valence-corrected chi connectivity index (χ3v) is 5.01. The van der Waals surface area contributed by atoms with E-state index in [1.807, 2.05) is 31.7 Å². The van der Waals surface area contributed by atoms with E-state index in [1.54, 1.807) is 12.3 Å². The number of aromatic nitrogens is 2. The zero-order valence-corrected chi connectivity index (χ0v) is 15.3. The Labute approximate surface area is 152 Å². The molecule has 0 saturated carbocycles. The van der Waals surface area contributed by atoms with Gasteiger partial charge in [0.25, 0.3) is 5.91 Å². The van der Waals surface area contributed by atoms with Crippen LogP contribution in [-0.4, -0.2) is 52.2 Å². The maximum Gasteiger partial charge on any atom is 0.316 e. The van der Waals surface area contributed by atoms with Crippen LogP contribution in [0.1, 0.15) is 40.4 Å². The fourth-order valence-corrected chi connectivity index (χ4v) is 3.74. The van der Waals surface area contributed by atoms with Crippen LogP contribution < -0.4 is 4.74 Å². The maximum absolute atomic E-state index is 12.7. The molecule has 138 valence electrons. The second-order valence-electron chi connectivity index (χ2n) is 7.23. The number of aryl methyl sites for hydroxylation is 3. The van der Waals surface area contributed by atoms with Gasteiger partial charge in [-0.1, -0.05) is 0 Å². The van der Waals surface area contributed by atoms with Crippen LogP contribution in [-0.2, 0) is 4.74 Å². The zero-order chi connectivity index (χ0) is 18.3. The van der Waals surface area contributed by atoms with Gasteiger partial charge in [-0.05, 0) is 32.9 Å². The lowest BCUT2D eigenvalue weighted by atomic mass is 9.84. The van der Waals surface area contributed by atoms with Gasteiger partial charge in [-0.2, -0.15) is 0 Å². The van der Waals surface area contributed by atoms with Crippen LogP contribution in [0, 0.1) is 20.8 Å². The number of amides is 1. The number of nitrogens with zero attached hydrogens (tertiary/aromatic N) is 3. The summed E-state index contributed by atoms with van der Waals surface area (Å²) in [7, 11) is 0. The summed E-state index contributed by atoms with van der Waals surface area (Å²) in [5.74, 6) is 1.41. The van der Waals surface area contributed by atoms with E-state index in [2.05, 4.69) is 9.97 Å². The highest BCUT2D eigenvalue weighted by Gasteiger charge is 2.50. The zero-order valence-electron chi connectivity index (χ0n) is 15.3. The van der Waals surface area contributed by atoms with Crippen LogP contribution in [0.5, 0.6) is 6.01 Å². The first-order chi connectivity index (χ1) is 12.4. The molecule has 7 nitrogen and oxygen atoms in total. The van der Waals surface area contributed by atoms with E-state index >= 15 is 0 Å². The van der Waals surface area contributed by atoms with E-state index in [-0.39, 0.29) is 17.6 Å². The number of furan rings is 1. The van der Waals surface area contributed by atoms with Gasteiger partial charge in [0, 0.05) is 24.7 Å².